The van der Waals surface area contributed by atoms with E-state index in [-0.39, 0.29) is 23.9 Å². The van der Waals surface area contributed by atoms with Crippen LogP contribution < -0.4 is 5.32 Å². The van der Waals surface area contributed by atoms with Crippen LogP contribution in [0.3, 0.4) is 0 Å². The van der Waals surface area contributed by atoms with Crippen LogP contribution in [0.25, 0.3) is 5.76 Å². The van der Waals surface area contributed by atoms with Gasteiger partial charge in [-0.05, 0) is 42.3 Å². The van der Waals surface area contributed by atoms with E-state index in [1.54, 1.807) is 34.6 Å². The van der Waals surface area contributed by atoms with Crippen LogP contribution in [-0.2, 0) is 9.53 Å². The summed E-state index contributed by atoms with van der Waals surface area (Å²) < 4.78 is 20.7. The molecule has 31 heavy (non-hydrogen) atoms. The molecule has 0 saturated heterocycles. The molecular formula is C24H19FN2O3S. The number of Topliss-reactive ketones (excluding diaryl/α,β-unsaturated/α-hetero) is 1. The lowest BCUT2D eigenvalue weighted by Gasteiger charge is -2.31. The van der Waals surface area contributed by atoms with Crippen molar-refractivity contribution in [2.45, 2.75) is 4.90 Å². The Hall–Kier alpha value is -3.58. The normalized spacial score (nSPS) is 12.9. The topological polar surface area (TPSA) is 58.6 Å². The zero-order chi connectivity index (χ0) is 21.8. The Morgan fingerprint density at radius 3 is 2.48 bits per heavy atom. The molecule has 0 atom stereocenters. The predicted molar refractivity (Wildman–Crippen MR) is 119 cm³/mol. The van der Waals surface area contributed by atoms with Crippen LogP contribution in [0.1, 0.15) is 15.9 Å². The molecule has 5 nitrogen and oxygen atoms in total. The molecule has 1 N–H and O–H groups in total. The molecule has 1 amide bonds. The van der Waals surface area contributed by atoms with E-state index in [1.807, 2.05) is 30.3 Å². The molecule has 0 unspecified atom stereocenters. The second-order valence-corrected chi connectivity index (χ2v) is 7.82. The van der Waals surface area contributed by atoms with E-state index in [0.29, 0.717) is 17.0 Å². The highest BCUT2D eigenvalue weighted by Crippen LogP contribution is 2.42. The van der Waals surface area contributed by atoms with E-state index in [9.17, 15) is 14.0 Å². The number of methoxy groups -OCH3 is 1. The molecule has 0 bridgehead atoms. The Kier molecular flexibility index (Phi) is 6.04. The quantitative estimate of drug-likeness (QED) is 0.438. The Balaban J connectivity index is 1.69. The highest BCUT2D eigenvalue weighted by atomic mass is 32.2. The lowest BCUT2D eigenvalue weighted by atomic mass is 10.0. The number of hydrogen-bond donors (Lipinski definition) is 1. The third-order valence-corrected chi connectivity index (χ3v) is 5.74. The van der Waals surface area contributed by atoms with Gasteiger partial charge in [0, 0.05) is 21.7 Å². The highest BCUT2D eigenvalue weighted by molar-refractivity contribution is 7.97. The van der Waals surface area contributed by atoms with Gasteiger partial charge in [-0.15, -0.1) is 0 Å². The van der Waals surface area contributed by atoms with Crippen molar-refractivity contribution in [1.29, 1.82) is 0 Å². The van der Waals surface area contributed by atoms with Crippen molar-refractivity contribution in [3.8, 4) is 0 Å². The van der Waals surface area contributed by atoms with Crippen molar-refractivity contribution in [2.75, 3.05) is 19.0 Å². The minimum absolute atomic E-state index is 0.129. The van der Waals surface area contributed by atoms with E-state index < -0.39 is 5.82 Å². The maximum absolute atomic E-state index is 13.5. The minimum Gasteiger partial charge on any atom is -0.494 e. The summed E-state index contributed by atoms with van der Waals surface area (Å²) in [6.07, 6.45) is 0. The van der Waals surface area contributed by atoms with Crippen molar-refractivity contribution in [3.05, 3.63) is 102 Å². The van der Waals surface area contributed by atoms with Gasteiger partial charge in [0.2, 0.25) is 11.7 Å². The number of nitrogens with one attached hydrogen (secondary N) is 1. The Labute approximate surface area is 183 Å². The fourth-order valence-corrected chi connectivity index (χ4v) is 4.37. The zero-order valence-corrected chi connectivity index (χ0v) is 17.5. The van der Waals surface area contributed by atoms with Crippen molar-refractivity contribution < 1.29 is 18.7 Å². The van der Waals surface area contributed by atoms with Crippen LogP contribution >= 0.6 is 11.9 Å². The second kappa shape index (κ2) is 9.06. The Bertz CT molecular complexity index is 1160. The number of rotatable bonds is 6. The van der Waals surface area contributed by atoms with E-state index >= 15 is 0 Å². The maximum atomic E-state index is 13.5. The summed E-state index contributed by atoms with van der Waals surface area (Å²) in [5.74, 6) is -0.674. The van der Waals surface area contributed by atoms with Crippen LogP contribution in [0, 0.1) is 5.82 Å². The number of carbonyl (C=O) groups excluding carboxylic acids is 2. The van der Waals surface area contributed by atoms with Gasteiger partial charge in [-0.2, -0.15) is 0 Å². The number of ether oxygens (including phenoxy) is 1. The van der Waals surface area contributed by atoms with Crippen LogP contribution in [-0.4, -0.2) is 29.7 Å². The molecule has 1 heterocycles. The number of halogens is 1. The molecule has 7 heteroatoms. The first-order chi connectivity index (χ1) is 15.1. The SMILES string of the molecule is COC1=C(C(=O)c2ccccc2)N(CC(=O)Nc2cccc(F)c2)Sc2ccccc21. The van der Waals surface area contributed by atoms with E-state index in [2.05, 4.69) is 5.32 Å². The number of amides is 1. The molecule has 1 aliphatic heterocycles. The first-order valence-corrected chi connectivity index (χ1v) is 10.3. The fraction of sp³-hybridized carbons (Fsp3) is 0.0833. The molecular weight excluding hydrogens is 415 g/mol. The van der Waals surface area contributed by atoms with E-state index in [1.165, 1.54) is 37.3 Å². The minimum atomic E-state index is -0.444. The van der Waals surface area contributed by atoms with Crippen LogP contribution in [0.5, 0.6) is 0 Å². The van der Waals surface area contributed by atoms with Gasteiger partial charge in [-0.25, -0.2) is 4.39 Å². The second-order valence-electron chi connectivity index (χ2n) is 6.76. The summed E-state index contributed by atoms with van der Waals surface area (Å²) in [5, 5.41) is 2.68. The molecule has 1 aliphatic rings. The van der Waals surface area contributed by atoms with Crippen molar-refractivity contribution in [2.24, 2.45) is 0 Å². The van der Waals surface area contributed by atoms with Crippen LogP contribution in [0.2, 0.25) is 0 Å². The molecule has 0 aromatic heterocycles. The maximum Gasteiger partial charge on any atom is 0.244 e. The van der Waals surface area contributed by atoms with Gasteiger partial charge < -0.3 is 10.1 Å². The van der Waals surface area contributed by atoms with Gasteiger partial charge in [-0.1, -0.05) is 48.5 Å². The molecule has 0 spiro atoms. The molecule has 0 fully saturated rings. The van der Waals surface area contributed by atoms with Crippen molar-refractivity contribution in [1.82, 2.24) is 4.31 Å². The average molecular weight is 434 g/mol. The molecule has 0 aliphatic carbocycles. The fourth-order valence-electron chi connectivity index (χ4n) is 3.30. The summed E-state index contributed by atoms with van der Waals surface area (Å²) in [7, 11) is 1.51. The third kappa shape index (κ3) is 4.46. The molecule has 0 radical (unpaired) electrons. The summed E-state index contributed by atoms with van der Waals surface area (Å²) in [4.78, 5) is 27.0. The summed E-state index contributed by atoms with van der Waals surface area (Å²) in [6, 6.07) is 22.0. The molecule has 3 aromatic carbocycles. The van der Waals surface area contributed by atoms with Crippen LogP contribution in [0.15, 0.2) is 89.5 Å². The standard InChI is InChI=1S/C24H19FN2O3S/c1-30-24-19-12-5-6-13-20(19)31-27(22(24)23(29)16-8-3-2-4-9-16)15-21(28)26-18-11-7-10-17(25)14-18/h2-14H,15H2,1H3,(H,26,28). The van der Waals surface area contributed by atoms with Gasteiger partial charge >= 0.3 is 0 Å². The summed E-state index contributed by atoms with van der Waals surface area (Å²) in [6.45, 7) is -0.129. The molecule has 156 valence electrons. The average Bonchev–Trinajstić information content (AvgIpc) is 2.78. The number of anilines is 1. The number of ketones is 1. The first kappa shape index (κ1) is 20.7. The molecule has 0 saturated carbocycles. The zero-order valence-electron chi connectivity index (χ0n) is 16.7. The number of nitrogens with zero attached hydrogens (tertiary/aromatic N) is 1. The lowest BCUT2D eigenvalue weighted by molar-refractivity contribution is -0.116. The van der Waals surface area contributed by atoms with E-state index in [0.717, 1.165) is 10.5 Å². The number of fused-ring (bicyclic) bond motifs is 1. The van der Waals surface area contributed by atoms with E-state index in [4.69, 9.17) is 4.74 Å². The number of allylic oxidation sites excluding steroid dienone is 1. The van der Waals surface area contributed by atoms with Crippen molar-refractivity contribution >= 4 is 35.1 Å². The van der Waals surface area contributed by atoms with Crippen molar-refractivity contribution in [3.63, 3.8) is 0 Å². The largest absolute Gasteiger partial charge is 0.494 e. The smallest absolute Gasteiger partial charge is 0.244 e. The van der Waals surface area contributed by atoms with Gasteiger partial charge in [0.05, 0.1) is 7.11 Å². The number of benzene rings is 3. The Morgan fingerprint density at radius 2 is 1.74 bits per heavy atom. The van der Waals surface area contributed by atoms with Gasteiger partial charge in [0.25, 0.3) is 0 Å². The molecule has 3 aromatic rings. The Morgan fingerprint density at radius 1 is 1.00 bits per heavy atom. The van der Waals surface area contributed by atoms with Crippen LogP contribution in [0.4, 0.5) is 10.1 Å². The third-order valence-electron chi connectivity index (χ3n) is 4.66. The van der Waals surface area contributed by atoms with Gasteiger partial charge in [0.15, 0.2) is 5.76 Å². The lowest BCUT2D eigenvalue weighted by Crippen LogP contribution is -2.33. The van der Waals surface area contributed by atoms with Gasteiger partial charge in [0.1, 0.15) is 18.1 Å². The summed E-state index contributed by atoms with van der Waals surface area (Å²) in [5.41, 5.74) is 1.91. The number of hydrogen-bond acceptors (Lipinski definition) is 5. The monoisotopic (exact) mass is 434 g/mol. The summed E-state index contributed by atoms with van der Waals surface area (Å²) >= 11 is 1.29. The molecule has 4 rings (SSSR count). The predicted octanol–water partition coefficient (Wildman–Crippen LogP) is 4.99. The van der Waals surface area contributed by atoms with Gasteiger partial charge in [-0.3, -0.25) is 13.9 Å². The first-order valence-electron chi connectivity index (χ1n) is 9.55. The highest BCUT2D eigenvalue weighted by Gasteiger charge is 2.33. The number of carbonyl (C=O) groups is 2.